The SMILES string of the molecule is CC(=O)O[C@H]([C@H](C)[C@@H](C=C(Br)Br)O[Si](c1ccccc1)(c1ccccc1)C(C)(C)C)[C@H](C)/C=C(\C)C1=CC(=O)OC(C)(C)O1. The standard InChI is InChI=1S/C35H44Br2O6Si/c1-23(29-22-32(39)42-35(8,9)41-29)20-24(2)33(40-26(4)38)25(3)30(21-31(36)37)43-44(34(5,6)7,27-16-12-10-13-17-27)28-18-14-11-15-19-28/h10-22,24-25,30,33H,1-9H3/b23-20+/t24-,25-,30-,33+/m1/s1. The molecule has 2 aromatic rings. The average molecular weight is 749 g/mol. The fraction of sp³-hybridized carbons (Fsp3) is 0.429. The van der Waals surface area contributed by atoms with Gasteiger partial charge in [0, 0.05) is 32.6 Å². The largest absolute Gasteiger partial charge is 0.462 e. The number of hydrogen-bond donors (Lipinski definition) is 0. The van der Waals surface area contributed by atoms with E-state index in [-0.39, 0.29) is 22.8 Å². The van der Waals surface area contributed by atoms with Crippen LogP contribution in [0.15, 0.2) is 93.6 Å². The van der Waals surface area contributed by atoms with Crippen molar-refractivity contribution in [2.75, 3.05) is 0 Å². The van der Waals surface area contributed by atoms with E-state index >= 15 is 0 Å². The van der Waals surface area contributed by atoms with Crippen molar-refractivity contribution in [1.82, 2.24) is 0 Å². The van der Waals surface area contributed by atoms with Gasteiger partial charge in [-0.3, -0.25) is 4.79 Å². The molecule has 238 valence electrons. The first-order chi connectivity index (χ1) is 20.5. The molecule has 0 saturated heterocycles. The molecular formula is C35H44Br2O6Si. The maximum atomic E-state index is 12.5. The summed E-state index contributed by atoms with van der Waals surface area (Å²) in [5.74, 6) is -2.05. The molecule has 44 heavy (non-hydrogen) atoms. The minimum Gasteiger partial charge on any atom is -0.462 e. The van der Waals surface area contributed by atoms with Crippen molar-refractivity contribution in [1.29, 1.82) is 0 Å². The first kappa shape index (κ1) is 36.0. The quantitative estimate of drug-likeness (QED) is 0.172. The number of allylic oxidation sites excluding steroid dienone is 1. The minimum atomic E-state index is -2.97. The van der Waals surface area contributed by atoms with E-state index in [0.29, 0.717) is 5.76 Å². The highest BCUT2D eigenvalue weighted by molar-refractivity contribution is 9.28. The van der Waals surface area contributed by atoms with Crippen molar-refractivity contribution >= 4 is 62.5 Å². The number of rotatable bonds is 11. The van der Waals surface area contributed by atoms with Gasteiger partial charge < -0.3 is 18.6 Å². The van der Waals surface area contributed by atoms with E-state index in [4.69, 9.17) is 18.6 Å². The first-order valence-electron chi connectivity index (χ1n) is 14.8. The van der Waals surface area contributed by atoms with E-state index in [1.165, 1.54) is 13.0 Å². The number of halogens is 2. The van der Waals surface area contributed by atoms with E-state index in [2.05, 4.69) is 101 Å². The van der Waals surface area contributed by atoms with Crippen LogP contribution in [0.25, 0.3) is 0 Å². The highest BCUT2D eigenvalue weighted by Gasteiger charge is 2.52. The Morgan fingerprint density at radius 1 is 0.909 bits per heavy atom. The molecule has 2 aromatic carbocycles. The normalized spacial score (nSPS) is 18.1. The number of benzene rings is 2. The van der Waals surface area contributed by atoms with Crippen LogP contribution in [0.2, 0.25) is 5.04 Å². The van der Waals surface area contributed by atoms with Gasteiger partial charge in [0.2, 0.25) is 5.79 Å². The zero-order valence-corrected chi connectivity index (χ0v) is 31.2. The molecule has 0 radical (unpaired) electrons. The van der Waals surface area contributed by atoms with Crippen LogP contribution < -0.4 is 10.4 Å². The van der Waals surface area contributed by atoms with Crippen LogP contribution in [-0.2, 0) is 28.2 Å². The Labute approximate surface area is 280 Å². The third kappa shape index (κ3) is 8.83. The maximum absolute atomic E-state index is 12.5. The molecule has 0 bridgehead atoms. The first-order valence-corrected chi connectivity index (χ1v) is 18.3. The van der Waals surface area contributed by atoms with Gasteiger partial charge in [-0.1, -0.05) is 101 Å². The second-order valence-electron chi connectivity index (χ2n) is 12.8. The van der Waals surface area contributed by atoms with Gasteiger partial charge in [0.25, 0.3) is 8.32 Å². The van der Waals surface area contributed by atoms with Crippen LogP contribution in [0.4, 0.5) is 0 Å². The van der Waals surface area contributed by atoms with Crippen molar-refractivity contribution in [3.63, 3.8) is 0 Å². The summed E-state index contributed by atoms with van der Waals surface area (Å²) in [6.45, 7) is 17.4. The summed E-state index contributed by atoms with van der Waals surface area (Å²) in [5.41, 5.74) is 0.744. The van der Waals surface area contributed by atoms with E-state index in [0.717, 1.165) is 19.3 Å². The predicted molar refractivity (Wildman–Crippen MR) is 185 cm³/mol. The second-order valence-corrected chi connectivity index (χ2v) is 19.8. The topological polar surface area (TPSA) is 71.1 Å². The van der Waals surface area contributed by atoms with Gasteiger partial charge >= 0.3 is 11.9 Å². The van der Waals surface area contributed by atoms with Crippen molar-refractivity contribution in [2.45, 2.75) is 85.3 Å². The van der Waals surface area contributed by atoms with Gasteiger partial charge in [-0.25, -0.2) is 4.79 Å². The summed E-state index contributed by atoms with van der Waals surface area (Å²) >= 11 is 7.17. The minimum absolute atomic E-state index is 0.257. The molecule has 4 atom stereocenters. The third-order valence-corrected chi connectivity index (χ3v) is 13.3. The van der Waals surface area contributed by atoms with Crippen molar-refractivity contribution < 1.29 is 28.2 Å². The summed E-state index contributed by atoms with van der Waals surface area (Å²) in [5, 5.41) is 2.04. The zero-order chi connectivity index (χ0) is 32.9. The van der Waals surface area contributed by atoms with Gasteiger partial charge in [0.05, 0.1) is 15.6 Å². The molecule has 1 heterocycles. The summed E-state index contributed by atoms with van der Waals surface area (Å²) in [6, 6.07) is 20.9. The highest BCUT2D eigenvalue weighted by atomic mass is 79.9. The molecule has 0 unspecified atom stereocenters. The fourth-order valence-corrected chi connectivity index (χ4v) is 11.1. The Balaban J connectivity index is 2.13. The Kier molecular flexibility index (Phi) is 12.1. The monoisotopic (exact) mass is 746 g/mol. The lowest BCUT2D eigenvalue weighted by Crippen LogP contribution is -2.68. The molecule has 0 N–H and O–H groups in total. The molecule has 0 aromatic heterocycles. The maximum Gasteiger partial charge on any atom is 0.337 e. The lowest BCUT2D eigenvalue weighted by molar-refractivity contribution is -0.203. The molecule has 6 nitrogen and oxygen atoms in total. The highest BCUT2D eigenvalue weighted by Crippen LogP contribution is 2.40. The summed E-state index contributed by atoms with van der Waals surface area (Å²) < 4.78 is 25.5. The molecule has 0 saturated carbocycles. The van der Waals surface area contributed by atoms with E-state index in [9.17, 15) is 9.59 Å². The number of ether oxygens (including phenoxy) is 3. The smallest absolute Gasteiger partial charge is 0.337 e. The van der Waals surface area contributed by atoms with Crippen LogP contribution in [0.5, 0.6) is 0 Å². The molecule has 9 heteroatoms. The molecule has 1 aliphatic rings. The molecule has 0 aliphatic carbocycles. The summed E-state index contributed by atoms with van der Waals surface area (Å²) in [7, 11) is -2.97. The molecule has 1 aliphatic heterocycles. The summed E-state index contributed by atoms with van der Waals surface area (Å²) in [4.78, 5) is 24.7. The van der Waals surface area contributed by atoms with Gasteiger partial charge in [0.1, 0.15) is 11.9 Å². The third-order valence-electron chi connectivity index (χ3n) is 7.73. The van der Waals surface area contributed by atoms with Gasteiger partial charge in [-0.2, -0.15) is 0 Å². The predicted octanol–water partition coefficient (Wildman–Crippen LogP) is 7.91. The molecule has 0 amide bonds. The molecule has 0 fully saturated rings. The lowest BCUT2D eigenvalue weighted by atomic mass is 9.87. The Morgan fingerprint density at radius 3 is 1.86 bits per heavy atom. The fourth-order valence-electron chi connectivity index (χ4n) is 5.84. The second kappa shape index (κ2) is 14.8. The van der Waals surface area contributed by atoms with Crippen molar-refractivity contribution in [2.24, 2.45) is 11.8 Å². The lowest BCUT2D eigenvalue weighted by Gasteiger charge is -2.46. The molecular weight excluding hydrogens is 704 g/mol. The van der Waals surface area contributed by atoms with Crippen molar-refractivity contribution in [3.05, 3.63) is 93.6 Å². The molecule has 3 rings (SSSR count). The molecule has 0 spiro atoms. The van der Waals surface area contributed by atoms with Crippen LogP contribution >= 0.6 is 31.9 Å². The Bertz CT molecular complexity index is 1350. The van der Waals surface area contributed by atoms with E-state index in [1.54, 1.807) is 13.8 Å². The number of hydrogen-bond acceptors (Lipinski definition) is 6. The number of esters is 2. The number of cyclic esters (lactones) is 1. The number of carbonyl (C=O) groups excluding carboxylic acids is 2. The average Bonchev–Trinajstić information content (AvgIpc) is 2.92. The van der Waals surface area contributed by atoms with Gasteiger partial charge in [0.15, 0.2) is 0 Å². The Morgan fingerprint density at radius 2 is 1.43 bits per heavy atom. The van der Waals surface area contributed by atoms with Gasteiger partial charge in [-0.15, -0.1) is 0 Å². The Hall–Kier alpha value is -2.46. The van der Waals surface area contributed by atoms with Crippen LogP contribution in [0.1, 0.15) is 62.3 Å². The van der Waals surface area contributed by atoms with E-state index < -0.39 is 32.3 Å². The van der Waals surface area contributed by atoms with Crippen molar-refractivity contribution in [3.8, 4) is 0 Å². The van der Waals surface area contributed by atoms with Crippen LogP contribution in [0.3, 0.4) is 0 Å². The summed E-state index contributed by atoms with van der Waals surface area (Å²) in [6.07, 6.45) is 4.28. The number of carbonyl (C=O) groups is 2. The zero-order valence-electron chi connectivity index (χ0n) is 27.0. The van der Waals surface area contributed by atoms with Gasteiger partial charge in [-0.05, 0) is 65.8 Å². The van der Waals surface area contributed by atoms with Crippen LogP contribution in [-0.4, -0.2) is 38.3 Å². The van der Waals surface area contributed by atoms with E-state index in [1.807, 2.05) is 45.1 Å². The van der Waals surface area contributed by atoms with Crippen LogP contribution in [0, 0.1) is 11.8 Å².